The van der Waals surface area contributed by atoms with Gasteiger partial charge in [-0.1, -0.05) is 54.6 Å². The zero-order valence-electron chi connectivity index (χ0n) is 33.8. The molecule has 0 saturated carbocycles. The number of aliphatic hydroxyl groups excluding tert-OH is 1. The summed E-state index contributed by atoms with van der Waals surface area (Å²) in [7, 11) is 0. The number of alkyl halides is 3. The quantitative estimate of drug-likeness (QED) is 0.107. The molecule has 13 nitrogen and oxygen atoms in total. The number of carbonyl (C=O) groups excluding carboxylic acids is 5. The Kier molecular flexibility index (Phi) is 13.8. The van der Waals surface area contributed by atoms with Crippen LogP contribution in [-0.4, -0.2) is 90.0 Å². The molecule has 3 aromatic rings. The van der Waals surface area contributed by atoms with Crippen LogP contribution < -0.4 is 10.6 Å². The first-order valence-electron chi connectivity index (χ1n) is 19.7. The molecule has 1 saturated heterocycles. The Morgan fingerprint density at radius 1 is 0.934 bits per heavy atom. The van der Waals surface area contributed by atoms with Gasteiger partial charge < -0.3 is 39.4 Å². The van der Waals surface area contributed by atoms with Crippen LogP contribution in [0, 0.1) is 0 Å². The highest BCUT2D eigenvalue weighted by molar-refractivity contribution is 5.97. The number of ether oxygens (including phenoxy) is 5. The highest BCUT2D eigenvalue weighted by atomic mass is 19.4. The standard InChI is InChI=1S/C45H47F3N2O11/c1-43(2,3)60-38(53)18-16-33(25-51)50-41(55)29-13-8-9-27(19-29)24-49-40(54)32-20-35(39-36(21-32)59-44(61-39)22-30-11-4-5-12-31(30)23-44)58-42(56)34-14-7-6-10-28(34)15-17-37(52)57-26-45(46,47)48/h4-15,17,19,21,33,35-36,39,51H,16,18,20,22-26H2,1-3H3,(H,49,54)(H,50,55)/t33-,35+,36+,39-/m0/s1. The molecule has 4 atom stereocenters. The molecule has 3 N–H and O–H groups in total. The van der Waals surface area contributed by atoms with Crippen LogP contribution in [0.25, 0.3) is 6.08 Å². The van der Waals surface area contributed by atoms with Gasteiger partial charge in [0.2, 0.25) is 5.91 Å². The number of carbonyl (C=O) groups is 5. The third-order valence-electron chi connectivity index (χ3n) is 10.0. The second-order valence-electron chi connectivity index (χ2n) is 16.0. The van der Waals surface area contributed by atoms with E-state index in [1.54, 1.807) is 63.2 Å². The van der Waals surface area contributed by atoms with Gasteiger partial charge in [0.1, 0.15) is 23.9 Å². The van der Waals surface area contributed by atoms with E-state index in [2.05, 4.69) is 15.4 Å². The number of amides is 2. The number of aliphatic hydroxyl groups is 1. The number of benzene rings is 3. The summed E-state index contributed by atoms with van der Waals surface area (Å²) < 4.78 is 66.3. The van der Waals surface area contributed by atoms with E-state index in [0.29, 0.717) is 18.4 Å². The second kappa shape index (κ2) is 18.8. The van der Waals surface area contributed by atoms with Gasteiger partial charge in [-0.3, -0.25) is 14.4 Å². The van der Waals surface area contributed by atoms with Crippen LogP contribution in [0.5, 0.6) is 0 Å². The van der Waals surface area contributed by atoms with Crippen molar-refractivity contribution in [2.45, 2.75) is 101 Å². The van der Waals surface area contributed by atoms with Crippen LogP contribution in [0.2, 0.25) is 0 Å². The zero-order chi connectivity index (χ0) is 44.0. The lowest BCUT2D eigenvalue weighted by atomic mass is 9.91. The van der Waals surface area contributed by atoms with Crippen LogP contribution in [0.15, 0.2) is 90.5 Å². The fourth-order valence-corrected chi connectivity index (χ4v) is 7.33. The third kappa shape index (κ3) is 12.1. The molecule has 2 aliphatic carbocycles. The van der Waals surface area contributed by atoms with Gasteiger partial charge in [0.15, 0.2) is 12.4 Å². The highest BCUT2D eigenvalue weighted by Crippen LogP contribution is 2.45. The maximum Gasteiger partial charge on any atom is 0.422 e. The van der Waals surface area contributed by atoms with E-state index in [1.165, 1.54) is 12.1 Å². The van der Waals surface area contributed by atoms with E-state index >= 15 is 0 Å². The molecular formula is C45H47F3N2O11. The smallest absolute Gasteiger partial charge is 0.422 e. The lowest BCUT2D eigenvalue weighted by molar-refractivity contribution is -0.182. The predicted octanol–water partition coefficient (Wildman–Crippen LogP) is 5.47. The predicted molar refractivity (Wildman–Crippen MR) is 212 cm³/mol. The van der Waals surface area contributed by atoms with Crippen molar-refractivity contribution in [1.29, 1.82) is 0 Å². The third-order valence-corrected chi connectivity index (χ3v) is 10.0. The number of hydrogen-bond acceptors (Lipinski definition) is 11. The molecule has 324 valence electrons. The maximum atomic E-state index is 13.8. The van der Waals surface area contributed by atoms with Gasteiger partial charge in [0.25, 0.3) is 5.91 Å². The van der Waals surface area contributed by atoms with Crippen molar-refractivity contribution in [3.05, 3.63) is 124 Å². The highest BCUT2D eigenvalue weighted by Gasteiger charge is 2.55. The molecule has 1 heterocycles. The van der Waals surface area contributed by atoms with Crippen LogP contribution in [0.4, 0.5) is 13.2 Å². The summed E-state index contributed by atoms with van der Waals surface area (Å²) in [6, 6.07) is 19.6. The van der Waals surface area contributed by atoms with Crippen molar-refractivity contribution in [2.75, 3.05) is 13.2 Å². The normalized spacial score (nSPS) is 19.7. The first-order valence-corrected chi connectivity index (χ1v) is 19.7. The maximum absolute atomic E-state index is 13.8. The molecular weight excluding hydrogens is 801 g/mol. The molecule has 3 aromatic carbocycles. The Labute approximate surface area is 350 Å². The minimum Gasteiger partial charge on any atom is -0.460 e. The summed E-state index contributed by atoms with van der Waals surface area (Å²) >= 11 is 0. The fraction of sp³-hybridized carbons (Fsp3) is 0.400. The van der Waals surface area contributed by atoms with Crippen molar-refractivity contribution in [3.63, 3.8) is 0 Å². The first-order chi connectivity index (χ1) is 28.9. The van der Waals surface area contributed by atoms with Crippen molar-refractivity contribution in [2.24, 2.45) is 0 Å². The molecule has 1 spiro atoms. The van der Waals surface area contributed by atoms with Gasteiger partial charge >= 0.3 is 24.1 Å². The van der Waals surface area contributed by atoms with Crippen LogP contribution in [0.3, 0.4) is 0 Å². The molecule has 3 aliphatic rings. The minimum atomic E-state index is -4.71. The molecule has 1 fully saturated rings. The van der Waals surface area contributed by atoms with Gasteiger partial charge in [0, 0.05) is 49.4 Å². The van der Waals surface area contributed by atoms with Gasteiger partial charge in [0.05, 0.1) is 18.2 Å². The number of hydrogen-bond donors (Lipinski definition) is 3. The molecule has 0 unspecified atom stereocenters. The summed E-state index contributed by atoms with van der Waals surface area (Å²) in [4.78, 5) is 64.8. The SMILES string of the molecule is CC(C)(C)OC(=O)CC[C@@H](CO)NC(=O)c1cccc(CNC(=O)C2=C[C@H]3OC4(Cc5ccccc5C4)O[C@H]3[C@H](OC(=O)c3ccccc3C=CC(=O)OCC(F)(F)F)C2)c1. The van der Waals surface area contributed by atoms with Crippen molar-refractivity contribution in [3.8, 4) is 0 Å². The Hall–Kier alpha value is -5.84. The molecule has 6 rings (SSSR count). The molecule has 61 heavy (non-hydrogen) atoms. The molecule has 1 aliphatic heterocycles. The van der Waals surface area contributed by atoms with Gasteiger partial charge in [-0.2, -0.15) is 13.2 Å². The van der Waals surface area contributed by atoms with Gasteiger partial charge in [-0.05, 0) is 79.8 Å². The number of esters is 3. The van der Waals surface area contributed by atoms with Gasteiger partial charge in [-0.15, -0.1) is 0 Å². The van der Waals surface area contributed by atoms with E-state index in [1.807, 2.05) is 24.3 Å². The van der Waals surface area contributed by atoms with Crippen molar-refractivity contribution < 1.29 is 65.9 Å². The average molecular weight is 849 g/mol. The lowest BCUT2D eigenvalue weighted by Gasteiger charge is -2.30. The van der Waals surface area contributed by atoms with Crippen LogP contribution in [-0.2, 0) is 57.5 Å². The Morgan fingerprint density at radius 2 is 1.64 bits per heavy atom. The number of halogens is 3. The van der Waals surface area contributed by atoms with Crippen LogP contribution >= 0.6 is 0 Å². The summed E-state index contributed by atoms with van der Waals surface area (Å²) in [6.45, 7) is 3.09. The van der Waals surface area contributed by atoms with Crippen molar-refractivity contribution >= 4 is 35.8 Å². The van der Waals surface area contributed by atoms with E-state index < -0.39 is 84.9 Å². The fourth-order valence-electron chi connectivity index (χ4n) is 7.33. The van der Waals surface area contributed by atoms with E-state index in [9.17, 15) is 42.3 Å². The molecule has 0 radical (unpaired) electrons. The second-order valence-corrected chi connectivity index (χ2v) is 16.0. The Bertz CT molecular complexity index is 2170. The monoisotopic (exact) mass is 848 g/mol. The lowest BCUT2D eigenvalue weighted by Crippen LogP contribution is -2.43. The van der Waals surface area contributed by atoms with E-state index in [4.69, 9.17) is 18.9 Å². The van der Waals surface area contributed by atoms with E-state index in [0.717, 1.165) is 23.3 Å². The first kappa shape index (κ1) is 44.7. The topological polar surface area (TPSA) is 176 Å². The Morgan fingerprint density at radius 3 is 2.33 bits per heavy atom. The number of nitrogens with one attached hydrogen (secondary N) is 2. The average Bonchev–Trinajstić information content (AvgIpc) is 3.76. The summed E-state index contributed by atoms with van der Waals surface area (Å²) in [5.41, 5.74) is 2.68. The largest absolute Gasteiger partial charge is 0.460 e. The van der Waals surface area contributed by atoms with E-state index in [-0.39, 0.29) is 48.1 Å². The molecule has 16 heteroatoms. The number of rotatable bonds is 14. The molecule has 2 amide bonds. The molecule has 0 aromatic heterocycles. The van der Waals surface area contributed by atoms with Gasteiger partial charge in [-0.25, -0.2) is 9.59 Å². The van der Waals surface area contributed by atoms with Crippen molar-refractivity contribution in [1.82, 2.24) is 10.6 Å². The summed E-state index contributed by atoms with van der Waals surface area (Å²) in [5.74, 6) is -4.59. The van der Waals surface area contributed by atoms with Crippen LogP contribution in [0.1, 0.15) is 83.0 Å². The minimum absolute atomic E-state index is 0.00125. The zero-order valence-corrected chi connectivity index (χ0v) is 33.8. The summed E-state index contributed by atoms with van der Waals surface area (Å²) in [6.07, 6.45) is -2.81. The number of fused-ring (bicyclic) bond motifs is 2. The Balaban J connectivity index is 1.14. The molecule has 0 bridgehead atoms. The summed E-state index contributed by atoms with van der Waals surface area (Å²) in [5, 5.41) is 15.4.